The molecular formula is C20H20N4O3S. The second kappa shape index (κ2) is 9.26. The molecule has 1 N–H and O–H groups in total. The molecule has 1 saturated heterocycles. The van der Waals surface area contributed by atoms with Gasteiger partial charge in [-0.1, -0.05) is 12.1 Å². The van der Waals surface area contributed by atoms with Crippen molar-refractivity contribution in [2.75, 3.05) is 13.2 Å². The minimum atomic E-state index is -0.513. The number of nitrogens with one attached hydrogen (secondary N) is 1. The average molecular weight is 396 g/mol. The van der Waals surface area contributed by atoms with Crippen LogP contribution < -0.4 is 20.1 Å². The molecule has 0 aromatic carbocycles. The zero-order valence-electron chi connectivity index (χ0n) is 15.3. The van der Waals surface area contributed by atoms with Crippen LogP contribution in [0.15, 0.2) is 41.8 Å². The maximum absolute atomic E-state index is 12.8. The number of ether oxygens (including phenoxy) is 1. The fourth-order valence-corrected chi connectivity index (χ4v) is 3.99. The van der Waals surface area contributed by atoms with E-state index >= 15 is 0 Å². The van der Waals surface area contributed by atoms with E-state index in [-0.39, 0.29) is 23.8 Å². The summed E-state index contributed by atoms with van der Waals surface area (Å²) in [7, 11) is 0. The van der Waals surface area contributed by atoms with Gasteiger partial charge in [0.1, 0.15) is 10.7 Å². The van der Waals surface area contributed by atoms with Crippen LogP contribution in [-0.2, 0) is 16.1 Å². The smallest absolute Gasteiger partial charge is 0.269 e. The Morgan fingerprint density at radius 2 is 2.39 bits per heavy atom. The van der Waals surface area contributed by atoms with Crippen LogP contribution in [0.3, 0.4) is 0 Å². The zero-order chi connectivity index (χ0) is 19.9. The van der Waals surface area contributed by atoms with Crippen molar-refractivity contribution in [2.24, 2.45) is 0 Å². The zero-order valence-corrected chi connectivity index (χ0v) is 16.1. The summed E-state index contributed by atoms with van der Waals surface area (Å²) in [6.45, 7) is 4.89. The van der Waals surface area contributed by atoms with Crippen LogP contribution in [0.5, 0.6) is 0 Å². The van der Waals surface area contributed by atoms with Crippen molar-refractivity contribution in [3.05, 3.63) is 62.3 Å². The maximum atomic E-state index is 12.8. The monoisotopic (exact) mass is 396 g/mol. The number of carbonyl (C=O) groups is 1. The van der Waals surface area contributed by atoms with Gasteiger partial charge in [0.25, 0.3) is 11.5 Å². The third-order valence-electron chi connectivity index (χ3n) is 4.25. The second-order valence-corrected chi connectivity index (χ2v) is 7.24. The van der Waals surface area contributed by atoms with E-state index in [1.807, 2.05) is 12.1 Å². The number of amides is 1. The number of thiazole rings is 1. The molecule has 8 heteroatoms. The molecule has 0 saturated carbocycles. The van der Waals surface area contributed by atoms with E-state index < -0.39 is 5.91 Å². The van der Waals surface area contributed by atoms with Gasteiger partial charge >= 0.3 is 0 Å². The molecule has 2 aromatic rings. The number of pyridine rings is 1. The van der Waals surface area contributed by atoms with E-state index in [0.717, 1.165) is 24.2 Å². The predicted octanol–water partition coefficient (Wildman–Crippen LogP) is 0.289. The molecule has 0 bridgehead atoms. The summed E-state index contributed by atoms with van der Waals surface area (Å²) in [5, 5.41) is 12.3. The Labute approximate surface area is 165 Å². The van der Waals surface area contributed by atoms with Gasteiger partial charge in [0.2, 0.25) is 0 Å². The topological polar surface area (TPSA) is 97.0 Å². The molecule has 2 aromatic heterocycles. The van der Waals surface area contributed by atoms with Gasteiger partial charge in [0.15, 0.2) is 5.57 Å². The molecule has 0 radical (unpaired) electrons. The lowest BCUT2D eigenvalue weighted by Crippen LogP contribution is -2.36. The van der Waals surface area contributed by atoms with E-state index in [1.54, 1.807) is 30.5 Å². The summed E-state index contributed by atoms with van der Waals surface area (Å²) in [5.41, 5.74) is 0.243. The Bertz CT molecular complexity index is 1070. The summed E-state index contributed by atoms with van der Waals surface area (Å²) < 4.78 is 7.58. The van der Waals surface area contributed by atoms with Gasteiger partial charge in [0.05, 0.1) is 16.3 Å². The van der Waals surface area contributed by atoms with Gasteiger partial charge in [-0.05, 0) is 31.1 Å². The second-order valence-electron chi connectivity index (χ2n) is 6.21. The number of nitrogens with zero attached hydrogens (tertiary/aromatic N) is 3. The van der Waals surface area contributed by atoms with Gasteiger partial charge in [-0.3, -0.25) is 19.1 Å². The summed E-state index contributed by atoms with van der Waals surface area (Å²) >= 11 is 1.10. The first-order valence-corrected chi connectivity index (χ1v) is 9.73. The van der Waals surface area contributed by atoms with Crippen molar-refractivity contribution in [1.82, 2.24) is 14.9 Å². The van der Waals surface area contributed by atoms with Crippen molar-refractivity contribution < 1.29 is 9.53 Å². The largest absolute Gasteiger partial charge is 0.376 e. The highest BCUT2D eigenvalue weighted by Crippen LogP contribution is 2.10. The highest BCUT2D eigenvalue weighted by atomic mass is 32.1. The quantitative estimate of drug-likeness (QED) is 0.708. The normalized spacial score (nSPS) is 17.8. The average Bonchev–Trinajstić information content (AvgIpc) is 3.32. The Hall–Kier alpha value is -3.02. The van der Waals surface area contributed by atoms with E-state index in [9.17, 15) is 14.9 Å². The third kappa shape index (κ3) is 4.44. The van der Waals surface area contributed by atoms with Crippen LogP contribution in [-0.4, -0.2) is 34.7 Å². The lowest BCUT2D eigenvalue weighted by atomic mass is 10.2. The molecule has 1 unspecified atom stereocenters. The van der Waals surface area contributed by atoms with E-state index in [2.05, 4.69) is 16.9 Å². The molecule has 7 nitrogen and oxygen atoms in total. The molecule has 0 spiro atoms. The van der Waals surface area contributed by atoms with Crippen LogP contribution in [0.1, 0.15) is 18.5 Å². The first-order valence-electron chi connectivity index (χ1n) is 8.91. The minimum absolute atomic E-state index is 0.0318. The van der Waals surface area contributed by atoms with E-state index in [1.165, 1.54) is 4.57 Å². The molecule has 0 aliphatic carbocycles. The van der Waals surface area contributed by atoms with Gasteiger partial charge < -0.3 is 10.1 Å². The van der Waals surface area contributed by atoms with Crippen LogP contribution in [0.4, 0.5) is 0 Å². The van der Waals surface area contributed by atoms with Crippen LogP contribution in [0.2, 0.25) is 0 Å². The first kappa shape index (κ1) is 19.7. The molecule has 1 aliphatic rings. The van der Waals surface area contributed by atoms with E-state index in [0.29, 0.717) is 28.0 Å². The molecule has 1 atom stereocenters. The van der Waals surface area contributed by atoms with Crippen molar-refractivity contribution in [3.8, 4) is 6.07 Å². The predicted molar refractivity (Wildman–Crippen MR) is 107 cm³/mol. The lowest BCUT2D eigenvalue weighted by Gasteiger charge is -2.10. The summed E-state index contributed by atoms with van der Waals surface area (Å²) in [6.07, 6.45) is 6.65. The number of hydrogen-bond donors (Lipinski definition) is 1. The number of hydrogen-bond acceptors (Lipinski definition) is 6. The Balaban J connectivity index is 2.04. The van der Waals surface area contributed by atoms with Crippen molar-refractivity contribution in [2.45, 2.75) is 25.5 Å². The van der Waals surface area contributed by atoms with Crippen LogP contribution in [0, 0.1) is 11.3 Å². The molecule has 1 aliphatic heterocycles. The summed E-state index contributed by atoms with van der Waals surface area (Å²) in [6, 6.07) is 7.33. The van der Waals surface area contributed by atoms with Crippen molar-refractivity contribution >= 4 is 28.9 Å². The molecule has 144 valence electrons. The number of carbonyl (C=O) groups excluding carboxylic acids is 1. The summed E-state index contributed by atoms with van der Waals surface area (Å²) in [5.74, 6) is -0.513. The number of nitriles is 1. The molecule has 28 heavy (non-hydrogen) atoms. The van der Waals surface area contributed by atoms with E-state index in [4.69, 9.17) is 4.74 Å². The number of rotatable bonds is 6. The third-order valence-corrected chi connectivity index (χ3v) is 5.38. The molecular weight excluding hydrogens is 376 g/mol. The Morgan fingerprint density at radius 1 is 1.54 bits per heavy atom. The highest BCUT2D eigenvalue weighted by molar-refractivity contribution is 7.07. The Kier molecular flexibility index (Phi) is 6.53. The fourth-order valence-electron chi connectivity index (χ4n) is 2.89. The van der Waals surface area contributed by atoms with Crippen LogP contribution >= 0.6 is 11.3 Å². The van der Waals surface area contributed by atoms with Crippen LogP contribution in [0.25, 0.3) is 11.6 Å². The minimum Gasteiger partial charge on any atom is -0.376 e. The van der Waals surface area contributed by atoms with Gasteiger partial charge in [-0.2, -0.15) is 5.26 Å². The number of aromatic nitrogens is 2. The molecule has 3 heterocycles. The van der Waals surface area contributed by atoms with Gasteiger partial charge in [0, 0.05) is 25.9 Å². The highest BCUT2D eigenvalue weighted by Gasteiger charge is 2.19. The molecule has 3 rings (SSSR count). The van der Waals surface area contributed by atoms with Crippen molar-refractivity contribution in [1.29, 1.82) is 5.26 Å². The molecule has 1 amide bonds. The molecule has 1 fully saturated rings. The maximum Gasteiger partial charge on any atom is 0.269 e. The lowest BCUT2D eigenvalue weighted by molar-refractivity contribution is -0.116. The summed E-state index contributed by atoms with van der Waals surface area (Å²) in [4.78, 5) is 29.6. The Morgan fingerprint density at radius 3 is 3.04 bits per heavy atom. The first-order chi connectivity index (χ1) is 13.6. The standard InChI is InChI=1S/C20H20N4O3S/c1-2-9-24-19(26)17(11-14-6-3-4-8-22-14)28-20(24)16(12-21)18(25)23-13-15-7-5-10-27-15/h2-4,6,8,11,15H,1,5,7,9-10,13H2,(H,23,25). The van der Waals surface area contributed by atoms with Gasteiger partial charge in [-0.15, -0.1) is 17.9 Å². The number of allylic oxidation sites excluding steroid dienone is 1. The van der Waals surface area contributed by atoms with Gasteiger partial charge in [-0.25, -0.2) is 0 Å². The SMILES string of the molecule is C=CCn1c(=C(C#N)C(=O)NCC2CCCO2)sc(=Cc2ccccn2)c1=O. The van der Waals surface area contributed by atoms with Crippen molar-refractivity contribution in [3.63, 3.8) is 0 Å². The fraction of sp³-hybridized carbons (Fsp3) is 0.300.